The summed E-state index contributed by atoms with van der Waals surface area (Å²) in [5, 5.41) is 2.98. The van der Waals surface area contributed by atoms with Gasteiger partial charge in [-0.1, -0.05) is 0 Å². The lowest BCUT2D eigenvalue weighted by Gasteiger charge is -1.99. The largest absolute Gasteiger partial charge is 0.388 e. The highest BCUT2D eigenvalue weighted by atomic mass is 16.1. The van der Waals surface area contributed by atoms with Gasteiger partial charge in [-0.2, -0.15) is 0 Å². The molecule has 0 spiro atoms. The van der Waals surface area contributed by atoms with Crippen molar-refractivity contribution in [2.45, 2.75) is 6.92 Å². The van der Waals surface area contributed by atoms with E-state index in [0.29, 0.717) is 0 Å². The number of carbonyl (C=O) groups is 1. The van der Waals surface area contributed by atoms with Crippen LogP contribution in [0, 0.1) is 0 Å². The van der Waals surface area contributed by atoms with Crippen molar-refractivity contribution in [2.75, 3.05) is 12.4 Å². The third kappa shape index (κ3) is 1.80. The summed E-state index contributed by atoms with van der Waals surface area (Å²) in [5.74, 6) is 0.104. The van der Waals surface area contributed by atoms with E-state index in [1.54, 1.807) is 6.92 Å². The van der Waals surface area contributed by atoms with Crippen molar-refractivity contribution in [1.29, 1.82) is 0 Å². The van der Waals surface area contributed by atoms with Crippen LogP contribution < -0.4 is 5.32 Å². The fourth-order valence-electron chi connectivity index (χ4n) is 0.872. The molecule has 1 aromatic rings. The Kier molecular flexibility index (Phi) is 2.26. The zero-order valence-corrected chi connectivity index (χ0v) is 6.72. The van der Waals surface area contributed by atoms with Crippen LogP contribution in [0.2, 0.25) is 0 Å². The second-order valence-corrected chi connectivity index (χ2v) is 2.38. The lowest BCUT2D eigenvalue weighted by molar-refractivity contribution is 0.101. The van der Waals surface area contributed by atoms with Crippen LogP contribution in [0.4, 0.5) is 5.69 Å². The maximum Gasteiger partial charge on any atom is 0.159 e. The number of hydrogen-bond acceptors (Lipinski definition) is 2. The number of Topliss-reactive ketones (excluding diaryl/α,β-unsaturated/α-hetero) is 1. The van der Waals surface area contributed by atoms with Gasteiger partial charge in [0, 0.05) is 18.3 Å². The molecule has 0 heterocycles. The molecule has 1 aromatic carbocycles. The van der Waals surface area contributed by atoms with E-state index in [1.165, 1.54) is 0 Å². The predicted octanol–water partition coefficient (Wildman–Crippen LogP) is 1.93. The van der Waals surface area contributed by atoms with Crippen molar-refractivity contribution >= 4 is 11.5 Å². The summed E-state index contributed by atoms with van der Waals surface area (Å²) in [5.41, 5.74) is 1.78. The first-order valence-corrected chi connectivity index (χ1v) is 3.53. The lowest BCUT2D eigenvalue weighted by atomic mass is 10.1. The second-order valence-electron chi connectivity index (χ2n) is 2.38. The van der Waals surface area contributed by atoms with Crippen LogP contribution in [0.1, 0.15) is 17.3 Å². The number of rotatable bonds is 2. The molecule has 0 radical (unpaired) electrons. The average Bonchev–Trinajstić information content (AvgIpc) is 2.05. The minimum atomic E-state index is 0.104. The topological polar surface area (TPSA) is 29.1 Å². The molecule has 0 saturated carbocycles. The number of benzene rings is 1. The second kappa shape index (κ2) is 3.19. The summed E-state index contributed by atoms with van der Waals surface area (Å²) in [6, 6.07) is 7.40. The number of anilines is 1. The van der Waals surface area contributed by atoms with Crippen LogP contribution in [0.3, 0.4) is 0 Å². The van der Waals surface area contributed by atoms with Crippen molar-refractivity contribution in [3.05, 3.63) is 29.8 Å². The fraction of sp³-hybridized carbons (Fsp3) is 0.222. The smallest absolute Gasteiger partial charge is 0.159 e. The molecule has 0 aliphatic carbocycles. The van der Waals surface area contributed by atoms with E-state index < -0.39 is 0 Å². The van der Waals surface area contributed by atoms with Gasteiger partial charge in [-0.05, 0) is 31.2 Å². The third-order valence-corrected chi connectivity index (χ3v) is 1.58. The normalized spacial score (nSPS) is 9.27. The first-order chi connectivity index (χ1) is 5.24. The quantitative estimate of drug-likeness (QED) is 0.651. The maximum atomic E-state index is 10.8. The standard InChI is InChI=1S/C9H11NO/c1-7(11)8-3-5-9(10-2)6-4-8/h3-6,10H,1-2H3. The summed E-state index contributed by atoms with van der Waals surface area (Å²) in [4.78, 5) is 10.8. The van der Waals surface area contributed by atoms with Gasteiger partial charge in [0.2, 0.25) is 0 Å². The molecule has 58 valence electrons. The van der Waals surface area contributed by atoms with Crippen LogP contribution in [0.15, 0.2) is 24.3 Å². The van der Waals surface area contributed by atoms with E-state index in [9.17, 15) is 4.79 Å². The molecule has 0 saturated heterocycles. The van der Waals surface area contributed by atoms with Crippen LogP contribution in [-0.2, 0) is 0 Å². The van der Waals surface area contributed by atoms with E-state index in [0.717, 1.165) is 11.3 Å². The van der Waals surface area contributed by atoms with Crippen LogP contribution >= 0.6 is 0 Å². The maximum absolute atomic E-state index is 10.8. The van der Waals surface area contributed by atoms with Gasteiger partial charge in [0.15, 0.2) is 5.78 Å². The Morgan fingerprint density at radius 1 is 1.27 bits per heavy atom. The van der Waals surface area contributed by atoms with Gasteiger partial charge < -0.3 is 5.32 Å². The van der Waals surface area contributed by atoms with E-state index in [-0.39, 0.29) is 5.78 Å². The lowest BCUT2D eigenvalue weighted by Crippen LogP contribution is -1.92. The predicted molar refractivity (Wildman–Crippen MR) is 46.0 cm³/mol. The Morgan fingerprint density at radius 2 is 1.82 bits per heavy atom. The van der Waals surface area contributed by atoms with Gasteiger partial charge in [0.1, 0.15) is 0 Å². The molecule has 2 heteroatoms. The van der Waals surface area contributed by atoms with E-state index in [1.807, 2.05) is 31.3 Å². The van der Waals surface area contributed by atoms with Gasteiger partial charge in [0.25, 0.3) is 0 Å². The van der Waals surface area contributed by atoms with E-state index in [2.05, 4.69) is 5.32 Å². The first-order valence-electron chi connectivity index (χ1n) is 3.53. The molecular weight excluding hydrogens is 138 g/mol. The monoisotopic (exact) mass is 149 g/mol. The van der Waals surface area contributed by atoms with E-state index in [4.69, 9.17) is 0 Å². The SMILES string of the molecule is CNc1ccc(C(C)=O)cc1. The van der Waals surface area contributed by atoms with Crippen molar-refractivity contribution in [3.8, 4) is 0 Å². The minimum Gasteiger partial charge on any atom is -0.388 e. The Morgan fingerprint density at radius 3 is 2.18 bits per heavy atom. The number of nitrogens with one attached hydrogen (secondary N) is 1. The molecule has 0 aromatic heterocycles. The molecule has 0 fully saturated rings. The Bertz CT molecular complexity index is 251. The average molecular weight is 149 g/mol. The Labute approximate surface area is 66.2 Å². The summed E-state index contributed by atoms with van der Waals surface area (Å²) in [7, 11) is 1.85. The van der Waals surface area contributed by atoms with Gasteiger partial charge in [-0.25, -0.2) is 0 Å². The zero-order chi connectivity index (χ0) is 8.27. The molecule has 0 unspecified atom stereocenters. The van der Waals surface area contributed by atoms with Crippen LogP contribution in [0.5, 0.6) is 0 Å². The molecule has 0 bridgehead atoms. The van der Waals surface area contributed by atoms with Gasteiger partial charge >= 0.3 is 0 Å². The molecule has 0 atom stereocenters. The Balaban J connectivity index is 2.91. The van der Waals surface area contributed by atoms with E-state index >= 15 is 0 Å². The molecule has 11 heavy (non-hydrogen) atoms. The number of hydrogen-bond donors (Lipinski definition) is 1. The van der Waals surface area contributed by atoms with Crippen molar-refractivity contribution < 1.29 is 4.79 Å². The summed E-state index contributed by atoms with van der Waals surface area (Å²) in [6.07, 6.45) is 0. The highest BCUT2D eigenvalue weighted by Gasteiger charge is 1.96. The third-order valence-electron chi connectivity index (χ3n) is 1.58. The van der Waals surface area contributed by atoms with Crippen molar-refractivity contribution in [1.82, 2.24) is 0 Å². The molecular formula is C9H11NO. The molecule has 0 aliphatic rings. The zero-order valence-electron chi connectivity index (χ0n) is 6.72. The molecule has 0 amide bonds. The number of ketones is 1. The molecule has 0 aliphatic heterocycles. The Hall–Kier alpha value is -1.31. The molecule has 2 nitrogen and oxygen atoms in total. The van der Waals surface area contributed by atoms with Gasteiger partial charge in [-0.3, -0.25) is 4.79 Å². The minimum absolute atomic E-state index is 0.104. The van der Waals surface area contributed by atoms with Crippen molar-refractivity contribution in [2.24, 2.45) is 0 Å². The summed E-state index contributed by atoms with van der Waals surface area (Å²) in [6.45, 7) is 1.56. The van der Waals surface area contributed by atoms with Gasteiger partial charge in [-0.15, -0.1) is 0 Å². The van der Waals surface area contributed by atoms with Gasteiger partial charge in [0.05, 0.1) is 0 Å². The van der Waals surface area contributed by atoms with Crippen LogP contribution in [-0.4, -0.2) is 12.8 Å². The van der Waals surface area contributed by atoms with Crippen molar-refractivity contribution in [3.63, 3.8) is 0 Å². The summed E-state index contributed by atoms with van der Waals surface area (Å²) < 4.78 is 0. The highest BCUT2D eigenvalue weighted by molar-refractivity contribution is 5.94. The molecule has 1 N–H and O–H groups in total. The summed E-state index contributed by atoms with van der Waals surface area (Å²) >= 11 is 0. The number of carbonyl (C=O) groups excluding carboxylic acids is 1. The molecule has 1 rings (SSSR count). The van der Waals surface area contributed by atoms with Crippen LogP contribution in [0.25, 0.3) is 0 Å². The highest BCUT2D eigenvalue weighted by Crippen LogP contribution is 2.08. The fourth-order valence-corrected chi connectivity index (χ4v) is 0.872. The first kappa shape index (κ1) is 7.79.